The minimum absolute atomic E-state index is 0.0294. The maximum Gasteiger partial charge on any atom is 0.155 e. The summed E-state index contributed by atoms with van der Waals surface area (Å²) in [4.78, 5) is 12.2. The van der Waals surface area contributed by atoms with Crippen molar-refractivity contribution in [1.82, 2.24) is 0 Å². The van der Waals surface area contributed by atoms with Crippen LogP contribution in [0.5, 0.6) is 0 Å². The first-order valence-electron chi connectivity index (χ1n) is 10.4. The van der Waals surface area contributed by atoms with E-state index in [9.17, 15) is 9.90 Å². The molecular weight excluding hydrogens is 326 g/mol. The summed E-state index contributed by atoms with van der Waals surface area (Å²) in [6.07, 6.45) is 8.44. The molecule has 4 nitrogen and oxygen atoms in total. The first-order valence-corrected chi connectivity index (χ1v) is 10.4. The molecule has 0 aliphatic heterocycles. The molecule has 3 saturated carbocycles. The highest BCUT2D eigenvalue weighted by atomic mass is 16.5. The van der Waals surface area contributed by atoms with Crippen molar-refractivity contribution in [2.75, 3.05) is 0 Å². The minimum atomic E-state index is -0.715. The van der Waals surface area contributed by atoms with Gasteiger partial charge in [-0.15, -0.1) is 0 Å². The van der Waals surface area contributed by atoms with Gasteiger partial charge in [-0.05, 0) is 92.6 Å². The summed E-state index contributed by atoms with van der Waals surface area (Å²) in [5.41, 5.74) is 6.77. The van der Waals surface area contributed by atoms with E-state index in [1.165, 1.54) is 5.57 Å². The van der Waals surface area contributed by atoms with Gasteiger partial charge >= 0.3 is 0 Å². The molecular formula is C22H35NO3. The standard InChI is InChI=1S/C22H35NO3/c1-20(2,23)26-18-12-14-15-5-6-19(25)22(15,4)10-8-16(14)21(3)9-7-13(24)11-17(18)21/h11,14-16,18-19,25H,5-10,12,23H2,1-4H3/t14?,15?,16?,18-,19-,21+,22-/m0/s1. The number of fused-ring (bicyclic) bond motifs is 5. The number of ether oxygens (including phenoxy) is 1. The molecule has 0 spiro atoms. The Bertz CT molecular complexity index is 636. The molecule has 0 aromatic carbocycles. The van der Waals surface area contributed by atoms with Crippen molar-refractivity contribution in [1.29, 1.82) is 0 Å². The van der Waals surface area contributed by atoms with Crippen LogP contribution >= 0.6 is 0 Å². The molecule has 4 rings (SSSR count). The molecule has 7 atom stereocenters. The molecule has 3 N–H and O–H groups in total. The van der Waals surface area contributed by atoms with Crippen molar-refractivity contribution in [3.05, 3.63) is 11.6 Å². The summed E-state index contributed by atoms with van der Waals surface area (Å²) in [6, 6.07) is 0. The molecule has 0 radical (unpaired) electrons. The molecule has 146 valence electrons. The summed E-state index contributed by atoms with van der Waals surface area (Å²) >= 11 is 0. The van der Waals surface area contributed by atoms with E-state index in [1.807, 2.05) is 19.9 Å². The van der Waals surface area contributed by atoms with Crippen molar-refractivity contribution < 1.29 is 14.6 Å². The minimum Gasteiger partial charge on any atom is -0.393 e. The SMILES string of the molecule is CC(C)(N)O[C@H]1CC2C(CC[C@@]3(C)C2CC[C@@H]3O)[C@@]2(C)CCC(=O)C=C12. The van der Waals surface area contributed by atoms with Gasteiger partial charge in [-0.1, -0.05) is 13.8 Å². The second-order valence-corrected chi connectivity index (χ2v) is 10.4. The number of hydrogen-bond acceptors (Lipinski definition) is 4. The quantitative estimate of drug-likeness (QED) is 0.738. The van der Waals surface area contributed by atoms with Crippen LogP contribution in [0.25, 0.3) is 0 Å². The number of aliphatic hydroxyl groups excluding tert-OH is 1. The van der Waals surface area contributed by atoms with Crippen LogP contribution in [-0.2, 0) is 9.53 Å². The first kappa shape index (κ1) is 18.6. The monoisotopic (exact) mass is 361 g/mol. The average Bonchev–Trinajstić information content (AvgIpc) is 2.83. The number of carbonyl (C=O) groups excluding carboxylic acids is 1. The van der Waals surface area contributed by atoms with E-state index in [4.69, 9.17) is 10.5 Å². The van der Waals surface area contributed by atoms with Crippen LogP contribution in [-0.4, -0.2) is 28.8 Å². The van der Waals surface area contributed by atoms with Crippen molar-refractivity contribution >= 4 is 5.78 Å². The molecule has 26 heavy (non-hydrogen) atoms. The summed E-state index contributed by atoms with van der Waals surface area (Å²) in [7, 11) is 0. The first-order chi connectivity index (χ1) is 12.0. The van der Waals surface area contributed by atoms with Gasteiger partial charge < -0.3 is 15.6 Å². The fourth-order valence-electron chi connectivity index (χ4n) is 7.03. The second-order valence-electron chi connectivity index (χ2n) is 10.4. The lowest BCUT2D eigenvalue weighted by atomic mass is 9.47. The second kappa shape index (κ2) is 5.89. The zero-order chi connectivity index (χ0) is 18.9. The highest BCUT2D eigenvalue weighted by Gasteiger charge is 2.60. The Kier molecular flexibility index (Phi) is 4.22. The molecule has 3 unspecified atom stereocenters. The maximum absolute atomic E-state index is 12.2. The fraction of sp³-hybridized carbons (Fsp3) is 0.864. The van der Waals surface area contributed by atoms with Crippen LogP contribution < -0.4 is 5.73 Å². The summed E-state index contributed by atoms with van der Waals surface area (Å²) in [6.45, 7) is 8.44. The van der Waals surface area contributed by atoms with Crippen LogP contribution in [0.3, 0.4) is 0 Å². The summed E-state index contributed by atoms with van der Waals surface area (Å²) in [5, 5.41) is 10.7. The largest absolute Gasteiger partial charge is 0.393 e. The zero-order valence-corrected chi connectivity index (χ0v) is 16.8. The number of hydrogen-bond donors (Lipinski definition) is 2. The molecule has 0 heterocycles. The zero-order valence-electron chi connectivity index (χ0n) is 16.8. The smallest absolute Gasteiger partial charge is 0.155 e. The van der Waals surface area contributed by atoms with E-state index in [0.717, 1.165) is 38.5 Å². The van der Waals surface area contributed by atoms with Crippen LogP contribution in [0.2, 0.25) is 0 Å². The van der Waals surface area contributed by atoms with Gasteiger partial charge in [0, 0.05) is 6.42 Å². The predicted octanol–water partition coefficient (Wildman–Crippen LogP) is 3.57. The normalized spacial score (nSPS) is 48.5. The van der Waals surface area contributed by atoms with Crippen LogP contribution in [0.1, 0.15) is 72.6 Å². The topological polar surface area (TPSA) is 72.6 Å². The third-order valence-corrected chi connectivity index (χ3v) is 8.35. The Morgan fingerprint density at radius 2 is 1.92 bits per heavy atom. The Labute approximate surface area is 157 Å². The Balaban J connectivity index is 1.74. The summed E-state index contributed by atoms with van der Waals surface area (Å²) < 4.78 is 6.31. The van der Waals surface area contributed by atoms with Crippen LogP contribution in [0, 0.1) is 28.6 Å². The molecule has 3 fully saturated rings. The molecule has 4 aliphatic rings. The van der Waals surface area contributed by atoms with E-state index in [2.05, 4.69) is 13.8 Å². The lowest BCUT2D eigenvalue weighted by Crippen LogP contribution is -2.56. The molecule has 4 aliphatic carbocycles. The Morgan fingerprint density at radius 3 is 2.62 bits per heavy atom. The van der Waals surface area contributed by atoms with Gasteiger partial charge in [-0.2, -0.15) is 0 Å². The Hall–Kier alpha value is -0.710. The van der Waals surface area contributed by atoms with Gasteiger partial charge in [-0.3, -0.25) is 4.79 Å². The third kappa shape index (κ3) is 2.71. The van der Waals surface area contributed by atoms with E-state index in [0.29, 0.717) is 24.2 Å². The van der Waals surface area contributed by atoms with E-state index in [-0.39, 0.29) is 28.8 Å². The van der Waals surface area contributed by atoms with Gasteiger partial charge in [0.1, 0.15) is 5.72 Å². The molecule has 4 heteroatoms. The predicted molar refractivity (Wildman–Crippen MR) is 101 cm³/mol. The van der Waals surface area contributed by atoms with Crippen molar-refractivity contribution in [3.8, 4) is 0 Å². The third-order valence-electron chi connectivity index (χ3n) is 8.35. The molecule has 0 amide bonds. The lowest BCUT2D eigenvalue weighted by molar-refractivity contribution is -0.138. The van der Waals surface area contributed by atoms with Crippen LogP contribution in [0.15, 0.2) is 11.6 Å². The van der Waals surface area contributed by atoms with E-state index in [1.54, 1.807) is 0 Å². The fourth-order valence-corrected chi connectivity index (χ4v) is 7.03. The van der Waals surface area contributed by atoms with Gasteiger partial charge in [-0.25, -0.2) is 0 Å². The number of carbonyl (C=O) groups is 1. The molecule has 0 aromatic rings. The maximum atomic E-state index is 12.2. The Morgan fingerprint density at radius 1 is 1.19 bits per heavy atom. The number of ketones is 1. The summed E-state index contributed by atoms with van der Waals surface area (Å²) in [5.74, 6) is 1.93. The number of nitrogens with two attached hydrogens (primary N) is 1. The van der Waals surface area contributed by atoms with Gasteiger partial charge in [0.15, 0.2) is 5.78 Å². The van der Waals surface area contributed by atoms with Crippen molar-refractivity contribution in [2.24, 2.45) is 34.3 Å². The van der Waals surface area contributed by atoms with E-state index >= 15 is 0 Å². The highest BCUT2D eigenvalue weighted by molar-refractivity contribution is 5.91. The highest BCUT2D eigenvalue weighted by Crippen LogP contribution is 2.65. The average molecular weight is 362 g/mol. The van der Waals surface area contributed by atoms with Gasteiger partial charge in [0.2, 0.25) is 0 Å². The van der Waals surface area contributed by atoms with Gasteiger partial charge in [0.25, 0.3) is 0 Å². The number of aliphatic hydroxyl groups is 1. The van der Waals surface area contributed by atoms with Gasteiger partial charge in [0.05, 0.1) is 12.2 Å². The molecule has 0 bridgehead atoms. The molecule has 0 saturated heterocycles. The lowest BCUT2D eigenvalue weighted by Gasteiger charge is -2.59. The van der Waals surface area contributed by atoms with Crippen LogP contribution in [0.4, 0.5) is 0 Å². The van der Waals surface area contributed by atoms with Crippen molar-refractivity contribution in [3.63, 3.8) is 0 Å². The number of rotatable bonds is 2. The van der Waals surface area contributed by atoms with Crippen molar-refractivity contribution in [2.45, 2.75) is 90.6 Å². The molecule has 0 aromatic heterocycles. The van der Waals surface area contributed by atoms with E-state index < -0.39 is 5.72 Å².